The summed E-state index contributed by atoms with van der Waals surface area (Å²) in [7, 11) is 0. The van der Waals surface area contributed by atoms with Crippen molar-refractivity contribution in [2.24, 2.45) is 5.73 Å². The van der Waals surface area contributed by atoms with E-state index in [0.717, 1.165) is 22.9 Å². The van der Waals surface area contributed by atoms with Crippen LogP contribution in [-0.2, 0) is 12.8 Å². The molecule has 0 saturated heterocycles. The first-order valence-corrected chi connectivity index (χ1v) is 8.76. The molecule has 1 atom stereocenters. The molecule has 0 heterocycles. The fourth-order valence-electron chi connectivity index (χ4n) is 2.45. The van der Waals surface area contributed by atoms with E-state index in [1.807, 2.05) is 0 Å². The Morgan fingerprint density at radius 3 is 2.40 bits per heavy atom. The first kappa shape index (κ1) is 16.0. The summed E-state index contributed by atoms with van der Waals surface area (Å²) in [6.45, 7) is 4.40. The molecule has 2 aromatic rings. The first-order valence-electron chi connectivity index (χ1n) is 6.89. The van der Waals surface area contributed by atoms with Gasteiger partial charge >= 0.3 is 0 Å². The van der Waals surface area contributed by atoms with E-state index in [4.69, 9.17) is 5.73 Å². The maximum absolute atomic E-state index is 6.47. The van der Waals surface area contributed by atoms with Gasteiger partial charge in [-0.2, -0.15) is 0 Å². The van der Waals surface area contributed by atoms with Crippen LogP contribution in [0.15, 0.2) is 40.9 Å². The zero-order valence-corrected chi connectivity index (χ0v) is 15.5. The van der Waals surface area contributed by atoms with Gasteiger partial charge in [0.1, 0.15) is 0 Å². The van der Waals surface area contributed by atoms with Crippen LogP contribution in [0.4, 0.5) is 0 Å². The van der Waals surface area contributed by atoms with Gasteiger partial charge in [-0.3, -0.25) is 0 Å². The summed E-state index contributed by atoms with van der Waals surface area (Å²) in [4.78, 5) is 0. The van der Waals surface area contributed by atoms with Gasteiger partial charge in [0.2, 0.25) is 0 Å². The molecule has 3 heteroatoms. The van der Waals surface area contributed by atoms with E-state index >= 15 is 0 Å². The molecule has 0 aliphatic rings. The maximum atomic E-state index is 6.47. The fraction of sp³-hybridized carbons (Fsp3) is 0.294. The van der Waals surface area contributed by atoms with Gasteiger partial charge in [0.25, 0.3) is 0 Å². The van der Waals surface area contributed by atoms with E-state index in [2.05, 4.69) is 88.8 Å². The standard InChI is InChI=1S/C17H19BrIN/c1-3-11-5-6-13(9-12(11)4-2)17(20)15-10-14(19)7-8-16(15)18/h5-10,17H,3-4,20H2,1-2H3. The minimum Gasteiger partial charge on any atom is -0.320 e. The molecule has 2 N–H and O–H groups in total. The van der Waals surface area contributed by atoms with Crippen molar-refractivity contribution in [2.45, 2.75) is 32.7 Å². The molecule has 0 fully saturated rings. The van der Waals surface area contributed by atoms with Crippen molar-refractivity contribution < 1.29 is 0 Å². The Morgan fingerprint density at radius 2 is 1.75 bits per heavy atom. The molecule has 0 aromatic heterocycles. The average molecular weight is 444 g/mol. The van der Waals surface area contributed by atoms with Gasteiger partial charge in [-0.05, 0) is 75.9 Å². The van der Waals surface area contributed by atoms with Crippen LogP contribution >= 0.6 is 38.5 Å². The van der Waals surface area contributed by atoms with Gasteiger partial charge < -0.3 is 5.73 Å². The molecule has 2 aromatic carbocycles. The SMILES string of the molecule is CCc1ccc(C(N)c2cc(I)ccc2Br)cc1CC. The van der Waals surface area contributed by atoms with E-state index in [-0.39, 0.29) is 6.04 Å². The molecular weight excluding hydrogens is 425 g/mol. The van der Waals surface area contributed by atoms with Crippen molar-refractivity contribution in [3.8, 4) is 0 Å². The molecule has 0 saturated carbocycles. The molecule has 0 amide bonds. The van der Waals surface area contributed by atoms with Crippen LogP contribution < -0.4 is 5.73 Å². The molecule has 0 aliphatic heterocycles. The molecule has 0 aliphatic carbocycles. The minimum absolute atomic E-state index is 0.0877. The van der Waals surface area contributed by atoms with Crippen LogP contribution in [0.1, 0.15) is 42.1 Å². The molecule has 0 spiro atoms. The van der Waals surface area contributed by atoms with Gasteiger partial charge in [-0.15, -0.1) is 0 Å². The van der Waals surface area contributed by atoms with Crippen molar-refractivity contribution in [1.29, 1.82) is 0 Å². The van der Waals surface area contributed by atoms with Crippen molar-refractivity contribution in [3.63, 3.8) is 0 Å². The van der Waals surface area contributed by atoms with Crippen LogP contribution in [0.3, 0.4) is 0 Å². The van der Waals surface area contributed by atoms with Crippen molar-refractivity contribution >= 4 is 38.5 Å². The molecular formula is C17H19BrIN. The summed E-state index contributed by atoms with van der Waals surface area (Å²) in [5, 5.41) is 0. The Labute approximate surface area is 143 Å². The highest BCUT2D eigenvalue weighted by atomic mass is 127. The number of hydrogen-bond acceptors (Lipinski definition) is 1. The fourth-order valence-corrected chi connectivity index (χ4v) is 3.45. The molecule has 0 radical (unpaired) electrons. The van der Waals surface area contributed by atoms with E-state index in [1.54, 1.807) is 0 Å². The van der Waals surface area contributed by atoms with Gasteiger partial charge in [0, 0.05) is 8.04 Å². The second-order valence-corrected chi connectivity index (χ2v) is 6.98. The highest BCUT2D eigenvalue weighted by molar-refractivity contribution is 14.1. The van der Waals surface area contributed by atoms with Crippen molar-refractivity contribution in [3.05, 3.63) is 66.7 Å². The highest BCUT2D eigenvalue weighted by Gasteiger charge is 2.14. The normalized spacial score (nSPS) is 12.4. The number of rotatable bonds is 4. The summed E-state index contributed by atoms with van der Waals surface area (Å²) < 4.78 is 2.28. The van der Waals surface area contributed by atoms with Crippen LogP contribution in [0.25, 0.3) is 0 Å². The monoisotopic (exact) mass is 443 g/mol. The van der Waals surface area contributed by atoms with Crippen LogP contribution in [0.2, 0.25) is 0 Å². The van der Waals surface area contributed by atoms with Gasteiger partial charge in [0.15, 0.2) is 0 Å². The Morgan fingerprint density at radius 1 is 1.05 bits per heavy atom. The van der Waals surface area contributed by atoms with Crippen molar-refractivity contribution in [1.82, 2.24) is 0 Å². The first-order chi connectivity index (χ1) is 9.56. The highest BCUT2D eigenvalue weighted by Crippen LogP contribution is 2.29. The number of aryl methyl sites for hydroxylation is 2. The number of nitrogens with two attached hydrogens (primary N) is 1. The smallest absolute Gasteiger partial charge is 0.0563 e. The predicted octanol–water partition coefficient (Wildman–Crippen LogP) is 5.23. The summed E-state index contributed by atoms with van der Waals surface area (Å²) in [5.41, 5.74) is 11.6. The zero-order chi connectivity index (χ0) is 14.7. The van der Waals surface area contributed by atoms with Crippen LogP contribution in [0, 0.1) is 3.57 Å². The lowest BCUT2D eigenvalue weighted by molar-refractivity contribution is 0.857. The summed E-state index contributed by atoms with van der Waals surface area (Å²) in [6, 6.07) is 12.8. The Kier molecular flexibility index (Phi) is 5.64. The second-order valence-electron chi connectivity index (χ2n) is 4.88. The molecule has 2 rings (SSSR count). The molecule has 106 valence electrons. The zero-order valence-electron chi connectivity index (χ0n) is 11.8. The lowest BCUT2D eigenvalue weighted by atomic mass is 9.94. The lowest BCUT2D eigenvalue weighted by Gasteiger charge is -2.17. The third-order valence-electron chi connectivity index (χ3n) is 3.64. The molecule has 1 unspecified atom stereocenters. The number of halogens is 2. The second kappa shape index (κ2) is 7.05. The van der Waals surface area contributed by atoms with E-state index in [9.17, 15) is 0 Å². The minimum atomic E-state index is -0.0877. The quantitative estimate of drug-likeness (QED) is 0.643. The van der Waals surface area contributed by atoms with Crippen molar-refractivity contribution in [2.75, 3.05) is 0 Å². The maximum Gasteiger partial charge on any atom is 0.0563 e. The molecule has 1 nitrogen and oxygen atoms in total. The molecule has 0 bridgehead atoms. The van der Waals surface area contributed by atoms with Gasteiger partial charge in [0.05, 0.1) is 6.04 Å². The summed E-state index contributed by atoms with van der Waals surface area (Å²) in [5.74, 6) is 0. The van der Waals surface area contributed by atoms with Crippen LogP contribution in [0.5, 0.6) is 0 Å². The van der Waals surface area contributed by atoms with E-state index < -0.39 is 0 Å². The predicted molar refractivity (Wildman–Crippen MR) is 98.1 cm³/mol. The Balaban J connectivity index is 2.42. The third-order valence-corrected chi connectivity index (χ3v) is 5.04. The topological polar surface area (TPSA) is 26.0 Å². The Hall–Kier alpha value is -0.390. The summed E-state index contributed by atoms with van der Waals surface area (Å²) in [6.07, 6.45) is 2.13. The third kappa shape index (κ3) is 3.43. The van der Waals surface area contributed by atoms with Gasteiger partial charge in [-0.1, -0.05) is 48.0 Å². The van der Waals surface area contributed by atoms with Crippen LogP contribution in [-0.4, -0.2) is 0 Å². The lowest BCUT2D eigenvalue weighted by Crippen LogP contribution is -2.13. The van der Waals surface area contributed by atoms with Gasteiger partial charge in [-0.25, -0.2) is 0 Å². The van der Waals surface area contributed by atoms with E-state index in [0.29, 0.717) is 0 Å². The Bertz CT molecular complexity index is 610. The number of hydrogen-bond donors (Lipinski definition) is 1. The largest absolute Gasteiger partial charge is 0.320 e. The summed E-state index contributed by atoms with van der Waals surface area (Å²) >= 11 is 5.93. The average Bonchev–Trinajstić information content (AvgIpc) is 2.48. The molecule has 20 heavy (non-hydrogen) atoms. The van der Waals surface area contributed by atoms with E-state index in [1.165, 1.54) is 20.3 Å². The number of benzene rings is 2.